The summed E-state index contributed by atoms with van der Waals surface area (Å²) in [6.45, 7) is 0.218. The zero-order valence-electron chi connectivity index (χ0n) is 30.7. The van der Waals surface area contributed by atoms with Crippen LogP contribution in [0.5, 0.6) is 0 Å². The largest absolute Gasteiger partial charge is 0.512 e. The standard InChI is InChI=1S/C41H60N2O10/c42-31-19-25(10-14-43-31)39(11-1-2-12-39)30-9-13-40(21-45)38(50)41(30,51)36(49)37(53-40)52-29-8-4-7-26-33(29)35(48)32-27(34(26)47)17-24(18-28(32)46)16-22-5-3-6-23(15-22)20-44/h9,13,17-18,22-23,25-27,29-33,36-38,43-46,49-51H,1-8,10-12,14-16,19-21,42H2. The molecule has 0 aromatic carbocycles. The number of aliphatic hydroxyl groups excluding tert-OH is 5. The molecule has 9 N–H and O–H groups in total. The Bertz CT molecular complexity index is 1510. The molecule has 6 fully saturated rings. The van der Waals surface area contributed by atoms with Crippen LogP contribution in [0.1, 0.15) is 89.9 Å². The summed E-state index contributed by atoms with van der Waals surface area (Å²) in [5, 5.41) is 71.8. The molecule has 2 bridgehead atoms. The van der Waals surface area contributed by atoms with Crippen molar-refractivity contribution in [2.75, 3.05) is 19.8 Å². The molecule has 0 aromatic rings. The smallest absolute Gasteiger partial charge is 0.188 e. The molecule has 12 heteroatoms. The van der Waals surface area contributed by atoms with Gasteiger partial charge in [-0.15, -0.1) is 0 Å². The average Bonchev–Trinajstić information content (AvgIpc) is 3.65. The van der Waals surface area contributed by atoms with Crippen molar-refractivity contribution in [2.24, 2.45) is 58.5 Å². The molecule has 15 unspecified atom stereocenters. The molecule has 12 nitrogen and oxygen atoms in total. The van der Waals surface area contributed by atoms with Gasteiger partial charge in [0.05, 0.1) is 36.6 Å². The lowest BCUT2D eigenvalue weighted by Crippen LogP contribution is -2.78. The van der Waals surface area contributed by atoms with E-state index in [2.05, 4.69) is 5.32 Å². The fraction of sp³-hybridized carbons (Fsp3) is 0.805. The van der Waals surface area contributed by atoms with Crippen molar-refractivity contribution in [3.63, 3.8) is 0 Å². The maximum Gasteiger partial charge on any atom is 0.188 e. The van der Waals surface area contributed by atoms with Gasteiger partial charge in [-0.2, -0.15) is 0 Å². The Kier molecular flexibility index (Phi) is 10.4. The van der Waals surface area contributed by atoms with E-state index < -0.39 is 77.4 Å². The van der Waals surface area contributed by atoms with Gasteiger partial charge in [-0.3, -0.25) is 9.59 Å². The number of allylic oxidation sites excluding steroid dienone is 4. The lowest BCUT2D eigenvalue weighted by molar-refractivity contribution is -0.381. The highest BCUT2D eigenvalue weighted by atomic mass is 16.7. The summed E-state index contributed by atoms with van der Waals surface area (Å²) in [6, 6.07) is 0. The highest BCUT2D eigenvalue weighted by Crippen LogP contribution is 2.61. The van der Waals surface area contributed by atoms with Gasteiger partial charge in [-0.05, 0) is 99.1 Å². The number of ketones is 2. The van der Waals surface area contributed by atoms with Crippen LogP contribution in [-0.2, 0) is 19.1 Å². The van der Waals surface area contributed by atoms with E-state index >= 15 is 0 Å². The molecule has 294 valence electrons. The summed E-state index contributed by atoms with van der Waals surface area (Å²) in [4.78, 5) is 28.7. The number of hydrogen-bond donors (Lipinski definition) is 8. The second-order valence-corrected chi connectivity index (χ2v) is 18.0. The predicted molar refractivity (Wildman–Crippen MR) is 193 cm³/mol. The number of carbonyl (C=O) groups excluding carboxylic acids is 2. The fourth-order valence-corrected chi connectivity index (χ4v) is 12.7. The molecule has 0 aromatic heterocycles. The van der Waals surface area contributed by atoms with E-state index in [1.54, 1.807) is 12.2 Å². The van der Waals surface area contributed by atoms with Gasteiger partial charge in [0.15, 0.2) is 12.1 Å². The van der Waals surface area contributed by atoms with Crippen LogP contribution in [-0.4, -0.2) is 104 Å². The first-order chi connectivity index (χ1) is 25.5. The van der Waals surface area contributed by atoms with Crippen molar-refractivity contribution in [2.45, 2.75) is 132 Å². The third-order valence-corrected chi connectivity index (χ3v) is 15.2. The van der Waals surface area contributed by atoms with Crippen molar-refractivity contribution in [1.29, 1.82) is 0 Å². The molecule has 0 radical (unpaired) electrons. The first kappa shape index (κ1) is 37.9. The third-order valence-electron chi connectivity index (χ3n) is 15.2. The van der Waals surface area contributed by atoms with Gasteiger partial charge in [0.2, 0.25) is 0 Å². The zero-order chi connectivity index (χ0) is 37.3. The van der Waals surface area contributed by atoms with Crippen LogP contribution in [0, 0.1) is 52.8 Å². The summed E-state index contributed by atoms with van der Waals surface area (Å²) in [5.41, 5.74) is 2.87. The van der Waals surface area contributed by atoms with E-state index in [0.29, 0.717) is 38.0 Å². The number of carbonyl (C=O) groups is 2. The van der Waals surface area contributed by atoms with Crippen LogP contribution in [0.3, 0.4) is 0 Å². The van der Waals surface area contributed by atoms with Crippen LogP contribution in [0.2, 0.25) is 0 Å². The van der Waals surface area contributed by atoms with Crippen molar-refractivity contribution in [3.8, 4) is 0 Å². The Hall–Kier alpha value is -2.00. The van der Waals surface area contributed by atoms with E-state index in [-0.39, 0.29) is 41.9 Å². The Labute approximate surface area is 311 Å². The molecule has 2 saturated heterocycles. The van der Waals surface area contributed by atoms with Gasteiger partial charge in [-0.25, -0.2) is 0 Å². The first-order valence-electron chi connectivity index (χ1n) is 20.5. The molecule has 15 atom stereocenters. The quantitative estimate of drug-likeness (QED) is 0.169. The van der Waals surface area contributed by atoms with Gasteiger partial charge < -0.3 is 51.2 Å². The maximum atomic E-state index is 14.4. The van der Waals surface area contributed by atoms with E-state index in [1.807, 2.05) is 12.2 Å². The molecule has 53 heavy (non-hydrogen) atoms. The Morgan fingerprint density at radius 2 is 1.72 bits per heavy atom. The Morgan fingerprint density at radius 3 is 2.45 bits per heavy atom. The van der Waals surface area contributed by atoms with Gasteiger partial charge in [0.1, 0.15) is 35.0 Å². The molecule has 8 rings (SSSR count). The monoisotopic (exact) mass is 740 g/mol. The number of aliphatic hydroxyl groups is 6. The number of hydrogen-bond acceptors (Lipinski definition) is 12. The number of nitrogens with one attached hydrogen (secondary N) is 1. The normalized spacial score (nSPS) is 48.1. The minimum absolute atomic E-state index is 0.101. The third kappa shape index (κ3) is 6.14. The number of Topliss-reactive ketones (excluding diaryl/α,β-unsaturated/α-hetero) is 2. The van der Waals surface area contributed by atoms with Crippen LogP contribution < -0.4 is 11.1 Å². The molecule has 8 aliphatic rings. The van der Waals surface area contributed by atoms with Crippen LogP contribution in [0.25, 0.3) is 0 Å². The Morgan fingerprint density at radius 1 is 0.962 bits per heavy atom. The summed E-state index contributed by atoms with van der Waals surface area (Å²) in [5.74, 6) is -3.75. The Balaban J connectivity index is 1.05. The van der Waals surface area contributed by atoms with Crippen LogP contribution in [0.15, 0.2) is 35.6 Å². The van der Waals surface area contributed by atoms with Crippen LogP contribution >= 0.6 is 0 Å². The molecular formula is C41H60N2O10. The van der Waals surface area contributed by atoms with Gasteiger partial charge in [0, 0.05) is 18.4 Å². The molecule has 2 aliphatic heterocycles. The highest BCUT2D eigenvalue weighted by molar-refractivity contribution is 6.02. The average molecular weight is 741 g/mol. The topological polar surface area (TPSA) is 212 Å². The summed E-state index contributed by atoms with van der Waals surface area (Å²) < 4.78 is 12.8. The minimum Gasteiger partial charge on any atom is -0.512 e. The summed E-state index contributed by atoms with van der Waals surface area (Å²) in [6.07, 6.45) is 12.1. The van der Waals surface area contributed by atoms with Crippen molar-refractivity contribution in [1.82, 2.24) is 5.32 Å². The summed E-state index contributed by atoms with van der Waals surface area (Å²) >= 11 is 0. The molecule has 6 aliphatic carbocycles. The van der Waals surface area contributed by atoms with E-state index in [4.69, 9.17) is 15.2 Å². The fourth-order valence-electron chi connectivity index (χ4n) is 12.7. The van der Waals surface area contributed by atoms with Crippen molar-refractivity contribution < 1.29 is 49.7 Å². The zero-order valence-corrected chi connectivity index (χ0v) is 30.7. The van der Waals surface area contributed by atoms with E-state index in [9.17, 15) is 40.2 Å². The van der Waals surface area contributed by atoms with Gasteiger partial charge in [-0.1, -0.05) is 50.3 Å². The molecule has 2 heterocycles. The van der Waals surface area contributed by atoms with E-state index in [1.165, 1.54) is 0 Å². The molecule has 0 amide bonds. The highest BCUT2D eigenvalue weighted by Gasteiger charge is 2.70. The lowest BCUT2D eigenvalue weighted by Gasteiger charge is -2.62. The number of rotatable bonds is 8. The number of piperidine rings is 1. The van der Waals surface area contributed by atoms with Crippen LogP contribution in [0.4, 0.5) is 0 Å². The number of fused-ring (bicyclic) bond motifs is 4. The predicted octanol–water partition coefficient (Wildman–Crippen LogP) is 2.31. The summed E-state index contributed by atoms with van der Waals surface area (Å²) in [7, 11) is 0. The van der Waals surface area contributed by atoms with Crippen molar-refractivity contribution in [3.05, 3.63) is 35.6 Å². The number of nitrogens with two attached hydrogens (primary N) is 1. The molecule has 0 spiro atoms. The van der Waals surface area contributed by atoms with Gasteiger partial charge >= 0.3 is 0 Å². The minimum atomic E-state index is -2.15. The SMILES string of the molecule is NC1CC(C2(C3C=CC4(CO)OC(OC5CCCC6C(=O)C7C=C(CC8CCCC(CO)C8)C=C(O)C7C(=O)C56)C(O)C3(O)C4O)CCCC2)CCN1. The second-order valence-electron chi connectivity index (χ2n) is 18.0. The molecular weight excluding hydrogens is 680 g/mol. The lowest BCUT2D eigenvalue weighted by atomic mass is 9.52. The second kappa shape index (κ2) is 14.5. The molecule has 4 saturated carbocycles. The first-order valence-corrected chi connectivity index (χ1v) is 20.5. The van der Waals surface area contributed by atoms with Crippen molar-refractivity contribution >= 4 is 11.6 Å². The van der Waals surface area contributed by atoms with Gasteiger partial charge in [0.25, 0.3) is 0 Å². The maximum absolute atomic E-state index is 14.4. The van der Waals surface area contributed by atoms with E-state index in [0.717, 1.165) is 69.9 Å². The number of ether oxygens (including phenoxy) is 2.